The quantitative estimate of drug-likeness (QED) is 0.394. The standard InChI is InChI=1S/C21H13F4N3OS/c22-13-6-4-11(5-7-13)16-9-8-15-17(26)18(30-20(15)28-16)19(29)27-14-3-1-2-12(10-14)21(23,24)25/h1-10H,26H2,(H,27,29). The van der Waals surface area contributed by atoms with Gasteiger partial charge in [-0.25, -0.2) is 9.37 Å². The number of nitrogens with one attached hydrogen (secondary N) is 1. The summed E-state index contributed by atoms with van der Waals surface area (Å²) in [6.45, 7) is 0. The number of pyridine rings is 1. The number of carbonyl (C=O) groups is 1. The first-order valence-corrected chi connectivity index (χ1v) is 9.47. The van der Waals surface area contributed by atoms with Crippen molar-refractivity contribution in [1.29, 1.82) is 0 Å². The van der Waals surface area contributed by atoms with E-state index < -0.39 is 17.6 Å². The molecule has 2 heterocycles. The van der Waals surface area contributed by atoms with E-state index >= 15 is 0 Å². The van der Waals surface area contributed by atoms with Gasteiger partial charge in [0.25, 0.3) is 5.91 Å². The fraction of sp³-hybridized carbons (Fsp3) is 0.0476. The highest BCUT2D eigenvalue weighted by atomic mass is 32.1. The molecule has 3 N–H and O–H groups in total. The van der Waals surface area contributed by atoms with Gasteiger partial charge in [-0.05, 0) is 54.6 Å². The average Bonchev–Trinajstić information content (AvgIpc) is 3.04. The lowest BCUT2D eigenvalue weighted by atomic mass is 10.1. The molecular formula is C21H13F4N3OS. The van der Waals surface area contributed by atoms with Crippen LogP contribution >= 0.6 is 11.3 Å². The van der Waals surface area contributed by atoms with Gasteiger partial charge < -0.3 is 11.1 Å². The van der Waals surface area contributed by atoms with Gasteiger partial charge in [0, 0.05) is 16.6 Å². The first kappa shape index (κ1) is 19.8. The molecular weight excluding hydrogens is 418 g/mol. The molecule has 152 valence electrons. The summed E-state index contributed by atoms with van der Waals surface area (Å²) in [7, 11) is 0. The molecule has 4 aromatic rings. The van der Waals surface area contributed by atoms with Crippen molar-refractivity contribution >= 4 is 38.8 Å². The number of fused-ring (bicyclic) bond motifs is 1. The third kappa shape index (κ3) is 3.84. The maximum absolute atomic E-state index is 13.1. The summed E-state index contributed by atoms with van der Waals surface area (Å²) in [6.07, 6.45) is -4.52. The summed E-state index contributed by atoms with van der Waals surface area (Å²) in [6, 6.07) is 13.6. The summed E-state index contributed by atoms with van der Waals surface area (Å²) in [5.41, 5.74) is 6.69. The molecule has 0 bridgehead atoms. The second-order valence-electron chi connectivity index (χ2n) is 6.43. The van der Waals surface area contributed by atoms with Crippen LogP contribution < -0.4 is 11.1 Å². The Bertz CT molecular complexity index is 1250. The number of aromatic nitrogens is 1. The van der Waals surface area contributed by atoms with E-state index in [1.54, 1.807) is 24.3 Å². The predicted octanol–water partition coefficient (Wildman–Crippen LogP) is 5.96. The molecule has 4 nitrogen and oxygen atoms in total. The Morgan fingerprint density at radius 3 is 2.47 bits per heavy atom. The Balaban J connectivity index is 1.65. The van der Waals surface area contributed by atoms with Gasteiger partial charge in [-0.1, -0.05) is 6.07 Å². The lowest BCUT2D eigenvalue weighted by Crippen LogP contribution is -2.13. The van der Waals surface area contributed by atoms with Crippen molar-refractivity contribution in [2.24, 2.45) is 0 Å². The SMILES string of the molecule is Nc1c(C(=O)Nc2cccc(C(F)(F)F)c2)sc2nc(-c3ccc(F)cc3)ccc12. The number of carbonyl (C=O) groups excluding carboxylic acids is 1. The van der Waals surface area contributed by atoms with Crippen LogP contribution in [0.5, 0.6) is 0 Å². The van der Waals surface area contributed by atoms with Crippen molar-refractivity contribution in [1.82, 2.24) is 4.98 Å². The summed E-state index contributed by atoms with van der Waals surface area (Å²) < 4.78 is 51.7. The fourth-order valence-corrected chi connectivity index (χ4v) is 3.90. The van der Waals surface area contributed by atoms with Crippen molar-refractivity contribution in [2.45, 2.75) is 6.18 Å². The van der Waals surface area contributed by atoms with E-state index in [9.17, 15) is 22.4 Å². The number of benzene rings is 2. The zero-order chi connectivity index (χ0) is 21.5. The van der Waals surface area contributed by atoms with Crippen molar-refractivity contribution in [3.8, 4) is 11.3 Å². The van der Waals surface area contributed by atoms with Crippen LogP contribution in [0.25, 0.3) is 21.5 Å². The van der Waals surface area contributed by atoms with E-state index in [1.165, 1.54) is 24.3 Å². The van der Waals surface area contributed by atoms with Crippen LogP contribution in [0.2, 0.25) is 0 Å². The molecule has 2 aromatic carbocycles. The third-order valence-corrected chi connectivity index (χ3v) is 5.50. The molecule has 0 aliphatic heterocycles. The largest absolute Gasteiger partial charge is 0.416 e. The molecule has 4 rings (SSSR count). The maximum Gasteiger partial charge on any atom is 0.416 e. The van der Waals surface area contributed by atoms with Crippen LogP contribution in [0.3, 0.4) is 0 Å². The Morgan fingerprint density at radius 1 is 1.03 bits per heavy atom. The minimum absolute atomic E-state index is 0.00615. The molecule has 1 amide bonds. The molecule has 0 spiro atoms. The molecule has 0 atom stereocenters. The molecule has 0 saturated heterocycles. The Morgan fingerprint density at radius 2 is 1.77 bits per heavy atom. The number of nitrogens with zero attached hydrogens (tertiary/aromatic N) is 1. The van der Waals surface area contributed by atoms with Crippen molar-refractivity contribution in [3.05, 3.63) is 76.9 Å². The Kier molecular flexibility index (Phi) is 4.90. The van der Waals surface area contributed by atoms with E-state index in [4.69, 9.17) is 5.73 Å². The van der Waals surface area contributed by atoms with Gasteiger partial charge in [0.2, 0.25) is 0 Å². The van der Waals surface area contributed by atoms with Gasteiger partial charge in [-0.3, -0.25) is 4.79 Å². The van der Waals surface area contributed by atoms with Gasteiger partial charge in [0.05, 0.1) is 16.9 Å². The van der Waals surface area contributed by atoms with Crippen LogP contribution in [0.1, 0.15) is 15.2 Å². The Hall–Kier alpha value is -3.46. The van der Waals surface area contributed by atoms with E-state index in [2.05, 4.69) is 10.3 Å². The summed E-state index contributed by atoms with van der Waals surface area (Å²) in [5.74, 6) is -0.994. The topological polar surface area (TPSA) is 68.0 Å². The number of amides is 1. The Labute approximate surface area is 172 Å². The van der Waals surface area contributed by atoms with Gasteiger partial charge in [0.15, 0.2) is 0 Å². The van der Waals surface area contributed by atoms with Crippen molar-refractivity contribution in [2.75, 3.05) is 11.1 Å². The molecule has 0 fully saturated rings. The molecule has 2 aromatic heterocycles. The normalized spacial score (nSPS) is 11.6. The predicted molar refractivity (Wildman–Crippen MR) is 109 cm³/mol. The first-order valence-electron chi connectivity index (χ1n) is 8.66. The van der Waals surface area contributed by atoms with Crippen LogP contribution in [0.4, 0.5) is 28.9 Å². The molecule has 0 aliphatic rings. The molecule has 0 aliphatic carbocycles. The highest BCUT2D eigenvalue weighted by molar-refractivity contribution is 7.21. The van der Waals surface area contributed by atoms with Gasteiger partial charge in [-0.15, -0.1) is 11.3 Å². The average molecular weight is 431 g/mol. The summed E-state index contributed by atoms with van der Waals surface area (Å²) in [5, 5.41) is 3.00. The lowest BCUT2D eigenvalue weighted by Gasteiger charge is -2.09. The number of halogens is 4. The minimum Gasteiger partial charge on any atom is -0.397 e. The van der Waals surface area contributed by atoms with Crippen molar-refractivity contribution in [3.63, 3.8) is 0 Å². The van der Waals surface area contributed by atoms with Crippen LogP contribution in [0.15, 0.2) is 60.7 Å². The number of nitrogen functional groups attached to an aromatic ring is 1. The molecule has 0 unspecified atom stereocenters. The number of thiophene rings is 1. The zero-order valence-corrected chi connectivity index (χ0v) is 15.9. The zero-order valence-electron chi connectivity index (χ0n) is 15.1. The van der Waals surface area contributed by atoms with E-state index in [0.717, 1.165) is 23.5 Å². The second kappa shape index (κ2) is 7.42. The second-order valence-corrected chi connectivity index (χ2v) is 7.43. The molecule has 0 saturated carbocycles. The number of rotatable bonds is 3. The monoisotopic (exact) mass is 431 g/mol. The molecule has 0 radical (unpaired) electrons. The van der Waals surface area contributed by atoms with E-state index in [1.807, 2.05) is 0 Å². The number of alkyl halides is 3. The molecule has 30 heavy (non-hydrogen) atoms. The molecule has 9 heteroatoms. The number of hydrogen-bond donors (Lipinski definition) is 2. The van der Waals surface area contributed by atoms with Crippen LogP contribution in [-0.2, 0) is 6.18 Å². The third-order valence-electron chi connectivity index (χ3n) is 4.39. The minimum atomic E-state index is -4.52. The van der Waals surface area contributed by atoms with Gasteiger partial charge in [0.1, 0.15) is 15.5 Å². The highest BCUT2D eigenvalue weighted by Gasteiger charge is 2.30. The maximum atomic E-state index is 13.1. The number of nitrogens with two attached hydrogens (primary N) is 1. The fourth-order valence-electron chi connectivity index (χ4n) is 2.91. The van der Waals surface area contributed by atoms with Gasteiger partial charge >= 0.3 is 6.18 Å². The number of hydrogen-bond acceptors (Lipinski definition) is 4. The van der Waals surface area contributed by atoms with Crippen LogP contribution in [-0.4, -0.2) is 10.9 Å². The lowest BCUT2D eigenvalue weighted by molar-refractivity contribution is -0.137. The summed E-state index contributed by atoms with van der Waals surface area (Å²) in [4.78, 5) is 17.7. The summed E-state index contributed by atoms with van der Waals surface area (Å²) >= 11 is 1.03. The smallest absolute Gasteiger partial charge is 0.397 e. The number of anilines is 2. The first-order chi connectivity index (χ1) is 14.2. The van der Waals surface area contributed by atoms with Crippen molar-refractivity contribution < 1.29 is 22.4 Å². The van der Waals surface area contributed by atoms with Crippen LogP contribution in [0, 0.1) is 5.82 Å². The van der Waals surface area contributed by atoms with E-state index in [0.29, 0.717) is 21.5 Å². The van der Waals surface area contributed by atoms with E-state index in [-0.39, 0.29) is 22.1 Å². The van der Waals surface area contributed by atoms with Gasteiger partial charge in [-0.2, -0.15) is 13.2 Å². The highest BCUT2D eigenvalue weighted by Crippen LogP contribution is 2.35.